The number of hydrogen-bond donors (Lipinski definition) is 1. The van der Waals surface area contributed by atoms with Crippen molar-refractivity contribution in [2.24, 2.45) is 40.4 Å². The highest BCUT2D eigenvalue weighted by Crippen LogP contribution is 2.62. The summed E-state index contributed by atoms with van der Waals surface area (Å²) in [7, 11) is 0. The van der Waals surface area contributed by atoms with Crippen LogP contribution in [0.2, 0.25) is 0 Å². The lowest BCUT2D eigenvalue weighted by atomic mass is 9.49. The predicted octanol–water partition coefficient (Wildman–Crippen LogP) is 5.44. The van der Waals surface area contributed by atoms with Crippen molar-refractivity contribution in [2.75, 3.05) is 6.54 Å². The molecule has 160 valence electrons. The van der Waals surface area contributed by atoms with Crippen LogP contribution >= 0.6 is 0 Å². The van der Waals surface area contributed by atoms with Crippen molar-refractivity contribution in [1.82, 2.24) is 5.32 Å². The van der Waals surface area contributed by atoms with Crippen molar-refractivity contribution < 1.29 is 9.59 Å². The number of ketones is 2. The van der Waals surface area contributed by atoms with Gasteiger partial charge in [-0.15, -0.1) is 0 Å². The van der Waals surface area contributed by atoms with Gasteiger partial charge < -0.3 is 5.32 Å². The molecule has 0 aromatic heterocycles. The fraction of sp³-hybridized carbons (Fsp3) is 0.846. The van der Waals surface area contributed by atoms with Crippen LogP contribution in [0.1, 0.15) is 90.9 Å². The van der Waals surface area contributed by atoms with Gasteiger partial charge in [0.15, 0.2) is 11.6 Å². The summed E-state index contributed by atoms with van der Waals surface area (Å²) in [5.74, 6) is 2.43. The zero-order valence-corrected chi connectivity index (χ0v) is 18.5. The van der Waals surface area contributed by atoms with Crippen LogP contribution < -0.4 is 5.32 Å². The first kappa shape index (κ1) is 19.8. The van der Waals surface area contributed by atoms with Gasteiger partial charge in [0.1, 0.15) is 0 Å². The second-order valence-electron chi connectivity index (χ2n) is 11.5. The maximum Gasteiger partial charge on any atom is 0.167 e. The van der Waals surface area contributed by atoms with Crippen molar-refractivity contribution in [2.45, 2.75) is 90.9 Å². The van der Waals surface area contributed by atoms with Gasteiger partial charge in [-0.3, -0.25) is 9.59 Å². The number of Topliss-reactive ketones (excluding diaryl/α,β-unsaturated/α-hetero) is 1. The van der Waals surface area contributed by atoms with Crippen LogP contribution in [0.4, 0.5) is 0 Å². The normalized spacial score (nSPS) is 45.1. The molecule has 3 heteroatoms. The monoisotopic (exact) mass is 397 g/mol. The Bertz CT molecular complexity index is 720. The molecule has 1 saturated heterocycles. The van der Waals surface area contributed by atoms with Crippen LogP contribution in [0, 0.1) is 40.4 Å². The first-order chi connectivity index (χ1) is 13.9. The molecule has 6 atom stereocenters. The minimum absolute atomic E-state index is 0.0748. The van der Waals surface area contributed by atoms with E-state index in [2.05, 4.69) is 19.2 Å². The Labute approximate surface area is 176 Å². The van der Waals surface area contributed by atoms with E-state index in [4.69, 9.17) is 0 Å². The lowest BCUT2D eigenvalue weighted by Crippen LogP contribution is -2.60. The van der Waals surface area contributed by atoms with Gasteiger partial charge in [0.2, 0.25) is 0 Å². The maximum atomic E-state index is 13.9. The molecule has 4 aliphatic carbocycles. The molecule has 5 aliphatic rings. The molecule has 1 N–H and O–H groups in total. The van der Waals surface area contributed by atoms with E-state index in [1.165, 1.54) is 57.8 Å². The lowest BCUT2D eigenvalue weighted by Gasteiger charge is -2.57. The van der Waals surface area contributed by atoms with Crippen molar-refractivity contribution in [3.63, 3.8) is 0 Å². The van der Waals surface area contributed by atoms with Crippen LogP contribution in [-0.4, -0.2) is 18.1 Å². The van der Waals surface area contributed by atoms with E-state index in [0.717, 1.165) is 43.3 Å². The number of fused-ring (bicyclic) bond motifs is 5. The van der Waals surface area contributed by atoms with Gasteiger partial charge in [0.25, 0.3) is 0 Å². The molecule has 0 aromatic carbocycles. The Balaban J connectivity index is 1.38. The van der Waals surface area contributed by atoms with E-state index in [9.17, 15) is 9.59 Å². The van der Waals surface area contributed by atoms with E-state index in [1.54, 1.807) is 0 Å². The second kappa shape index (κ2) is 7.24. The first-order valence-corrected chi connectivity index (χ1v) is 12.5. The fourth-order valence-electron chi connectivity index (χ4n) is 8.30. The largest absolute Gasteiger partial charge is 0.387 e. The van der Waals surface area contributed by atoms with Gasteiger partial charge in [0.05, 0.1) is 11.3 Å². The van der Waals surface area contributed by atoms with Crippen molar-refractivity contribution >= 4 is 11.6 Å². The molecule has 0 amide bonds. The number of nitrogens with one attached hydrogen (secondary N) is 1. The van der Waals surface area contributed by atoms with Gasteiger partial charge in [-0.1, -0.05) is 45.4 Å². The van der Waals surface area contributed by atoms with E-state index in [-0.39, 0.29) is 17.5 Å². The molecule has 0 spiro atoms. The second-order valence-corrected chi connectivity index (χ2v) is 11.5. The summed E-state index contributed by atoms with van der Waals surface area (Å²) in [6.07, 6.45) is 16.7. The topological polar surface area (TPSA) is 46.2 Å². The molecule has 0 radical (unpaired) electrons. The number of carbonyl (C=O) groups excluding carboxylic acids is 2. The maximum absolute atomic E-state index is 13.9. The number of carbonyl (C=O) groups is 2. The van der Waals surface area contributed by atoms with Crippen LogP contribution in [0.3, 0.4) is 0 Å². The van der Waals surface area contributed by atoms with E-state index < -0.39 is 5.41 Å². The Morgan fingerprint density at radius 2 is 1.72 bits per heavy atom. The van der Waals surface area contributed by atoms with Gasteiger partial charge in [0, 0.05) is 18.3 Å². The van der Waals surface area contributed by atoms with Crippen LogP contribution in [0.25, 0.3) is 0 Å². The number of hydrogen-bond acceptors (Lipinski definition) is 3. The molecule has 3 saturated carbocycles. The zero-order chi connectivity index (χ0) is 20.2. The predicted molar refractivity (Wildman–Crippen MR) is 115 cm³/mol. The Morgan fingerprint density at radius 3 is 2.52 bits per heavy atom. The van der Waals surface area contributed by atoms with Crippen molar-refractivity contribution in [3.8, 4) is 0 Å². The number of piperidine rings is 1. The SMILES string of the molecule is C[C@@]12CCC[C@H]1[C@@H]1CNC3=CC(=O)C(CCC4CCCCC4)C(=O)[C@]3(C)[C@@H]1CC2. The molecule has 3 nitrogen and oxygen atoms in total. The smallest absolute Gasteiger partial charge is 0.167 e. The zero-order valence-electron chi connectivity index (χ0n) is 18.5. The van der Waals surface area contributed by atoms with Crippen LogP contribution in [-0.2, 0) is 9.59 Å². The summed E-state index contributed by atoms with van der Waals surface area (Å²) < 4.78 is 0. The molecule has 1 heterocycles. The molecule has 29 heavy (non-hydrogen) atoms. The molecular formula is C26H39NO2. The third-order valence-electron chi connectivity index (χ3n) is 10.1. The highest BCUT2D eigenvalue weighted by molar-refractivity contribution is 6.13. The Hall–Kier alpha value is -1.12. The molecule has 0 aromatic rings. The quantitative estimate of drug-likeness (QED) is 0.645. The van der Waals surface area contributed by atoms with E-state index in [0.29, 0.717) is 17.3 Å². The first-order valence-electron chi connectivity index (χ1n) is 12.5. The average Bonchev–Trinajstić information content (AvgIpc) is 3.12. The molecule has 5 rings (SSSR count). The summed E-state index contributed by atoms with van der Waals surface area (Å²) in [5, 5.41) is 3.60. The summed E-state index contributed by atoms with van der Waals surface area (Å²) in [6.45, 7) is 5.63. The van der Waals surface area contributed by atoms with Crippen molar-refractivity contribution in [3.05, 3.63) is 11.8 Å². The van der Waals surface area contributed by atoms with Crippen molar-refractivity contribution in [1.29, 1.82) is 0 Å². The minimum Gasteiger partial charge on any atom is -0.387 e. The molecule has 1 unspecified atom stereocenters. The molecule has 1 aliphatic heterocycles. The van der Waals surface area contributed by atoms with Gasteiger partial charge in [-0.05, 0) is 74.5 Å². The third-order valence-corrected chi connectivity index (χ3v) is 10.1. The molecule has 4 fully saturated rings. The minimum atomic E-state index is -0.460. The molecule has 0 bridgehead atoms. The molecular weight excluding hydrogens is 358 g/mol. The summed E-state index contributed by atoms with van der Waals surface area (Å²) in [4.78, 5) is 26.8. The summed E-state index contributed by atoms with van der Waals surface area (Å²) in [6, 6.07) is 0. The van der Waals surface area contributed by atoms with E-state index >= 15 is 0 Å². The number of rotatable bonds is 3. The average molecular weight is 398 g/mol. The Kier molecular flexibility index (Phi) is 4.95. The van der Waals surface area contributed by atoms with Crippen LogP contribution in [0.5, 0.6) is 0 Å². The highest BCUT2D eigenvalue weighted by Gasteiger charge is 2.60. The summed E-state index contributed by atoms with van der Waals surface area (Å²) >= 11 is 0. The summed E-state index contributed by atoms with van der Waals surface area (Å²) in [5.41, 5.74) is 0.969. The fourth-order valence-corrected chi connectivity index (χ4v) is 8.30. The van der Waals surface area contributed by atoms with Gasteiger partial charge in [-0.25, -0.2) is 0 Å². The van der Waals surface area contributed by atoms with Crippen LogP contribution in [0.15, 0.2) is 11.8 Å². The van der Waals surface area contributed by atoms with Gasteiger partial charge >= 0.3 is 0 Å². The lowest BCUT2D eigenvalue weighted by molar-refractivity contribution is -0.145. The number of allylic oxidation sites excluding steroid dienone is 2. The highest BCUT2D eigenvalue weighted by atomic mass is 16.2. The Morgan fingerprint density at radius 1 is 0.931 bits per heavy atom. The standard InChI is InChI=1S/C26H39NO2/c1-25-13-6-9-20(25)19-16-27-23-15-22(28)18(11-10-17-7-4-3-5-8-17)24(29)26(23,2)21(19)12-14-25/h15,17-21,27H,3-14,16H2,1-2H3/t18?,19-,20-,21+,25-,26+/m0/s1. The van der Waals surface area contributed by atoms with Gasteiger partial charge in [-0.2, -0.15) is 0 Å². The van der Waals surface area contributed by atoms with E-state index in [1.807, 2.05) is 6.08 Å². The third kappa shape index (κ3) is 3.05.